The second-order valence-corrected chi connectivity index (χ2v) is 7.61. The molecule has 0 aromatic heterocycles. The maximum atomic E-state index is 14.4. The summed E-state index contributed by atoms with van der Waals surface area (Å²) in [6.45, 7) is 0. The molecule has 4 aromatic carbocycles. The van der Waals surface area contributed by atoms with Gasteiger partial charge in [0, 0.05) is 5.56 Å². The van der Waals surface area contributed by atoms with Crippen molar-refractivity contribution >= 4 is 11.6 Å². The van der Waals surface area contributed by atoms with Crippen LogP contribution in [0.15, 0.2) is 115 Å². The van der Waals surface area contributed by atoms with E-state index in [1.807, 2.05) is 115 Å². The van der Waals surface area contributed by atoms with Gasteiger partial charge in [-0.2, -0.15) is 0 Å². The summed E-state index contributed by atoms with van der Waals surface area (Å²) in [7, 11) is 0. The molecule has 0 saturated heterocycles. The van der Waals surface area contributed by atoms with E-state index in [-0.39, 0.29) is 11.6 Å². The average Bonchev–Trinajstić information content (AvgIpc) is 2.82. The first-order chi connectivity index (χ1) is 14.7. The highest BCUT2D eigenvalue weighted by atomic mass is 16.2. The molecule has 5 rings (SSSR count). The maximum absolute atomic E-state index is 14.4. The van der Waals surface area contributed by atoms with Crippen molar-refractivity contribution in [1.82, 2.24) is 0 Å². The summed E-state index contributed by atoms with van der Waals surface area (Å²) >= 11 is 0. The van der Waals surface area contributed by atoms with Crippen LogP contribution in [0, 0.1) is 0 Å². The number of carbonyl (C=O) groups is 2. The zero-order valence-corrected chi connectivity index (χ0v) is 16.4. The molecule has 0 N–H and O–H groups in total. The molecule has 1 unspecified atom stereocenters. The number of benzene rings is 4. The second-order valence-electron chi connectivity index (χ2n) is 7.61. The van der Waals surface area contributed by atoms with Gasteiger partial charge in [-0.3, -0.25) is 9.59 Å². The zero-order valence-electron chi connectivity index (χ0n) is 16.4. The highest BCUT2D eigenvalue weighted by Crippen LogP contribution is 2.47. The summed E-state index contributed by atoms with van der Waals surface area (Å²) in [6.07, 6.45) is 0. The van der Waals surface area contributed by atoms with Gasteiger partial charge in [-0.1, -0.05) is 115 Å². The Morgan fingerprint density at radius 2 is 1.00 bits per heavy atom. The smallest absolute Gasteiger partial charge is 0.185 e. The fourth-order valence-corrected chi connectivity index (χ4v) is 4.69. The first kappa shape index (κ1) is 18.3. The van der Waals surface area contributed by atoms with Gasteiger partial charge in [-0.05, 0) is 22.3 Å². The Morgan fingerprint density at radius 1 is 0.533 bits per heavy atom. The minimum atomic E-state index is -1.38. The predicted molar refractivity (Wildman–Crippen MR) is 118 cm³/mol. The van der Waals surface area contributed by atoms with Crippen LogP contribution in [0.25, 0.3) is 0 Å². The Balaban J connectivity index is 1.88. The van der Waals surface area contributed by atoms with Crippen LogP contribution in [0.2, 0.25) is 0 Å². The van der Waals surface area contributed by atoms with E-state index in [4.69, 9.17) is 0 Å². The molecular formula is C28H20O2. The largest absolute Gasteiger partial charge is 0.297 e. The van der Waals surface area contributed by atoms with Gasteiger partial charge in [0.25, 0.3) is 0 Å². The van der Waals surface area contributed by atoms with Crippen molar-refractivity contribution in [3.63, 3.8) is 0 Å². The Morgan fingerprint density at radius 3 is 1.57 bits per heavy atom. The molecule has 30 heavy (non-hydrogen) atoms. The van der Waals surface area contributed by atoms with E-state index in [9.17, 15) is 9.59 Å². The summed E-state index contributed by atoms with van der Waals surface area (Å²) in [6, 6.07) is 36.2. The van der Waals surface area contributed by atoms with Crippen molar-refractivity contribution in [3.8, 4) is 0 Å². The van der Waals surface area contributed by atoms with E-state index < -0.39 is 11.3 Å². The van der Waals surface area contributed by atoms with Crippen LogP contribution in [-0.2, 0) is 10.2 Å². The van der Waals surface area contributed by atoms with Crippen molar-refractivity contribution in [2.45, 2.75) is 11.3 Å². The van der Waals surface area contributed by atoms with Gasteiger partial charge in [0.15, 0.2) is 11.6 Å². The van der Waals surface area contributed by atoms with Gasteiger partial charge >= 0.3 is 0 Å². The minimum absolute atomic E-state index is 0.102. The van der Waals surface area contributed by atoms with E-state index >= 15 is 0 Å². The molecule has 0 spiro atoms. The van der Waals surface area contributed by atoms with Gasteiger partial charge in [0.05, 0.1) is 5.92 Å². The van der Waals surface area contributed by atoms with Gasteiger partial charge < -0.3 is 0 Å². The molecule has 0 saturated carbocycles. The molecule has 2 nitrogen and oxygen atoms in total. The molecule has 0 fully saturated rings. The summed E-state index contributed by atoms with van der Waals surface area (Å²) < 4.78 is 0. The third-order valence-electron chi connectivity index (χ3n) is 6.04. The van der Waals surface area contributed by atoms with Crippen molar-refractivity contribution in [1.29, 1.82) is 0 Å². The van der Waals surface area contributed by atoms with Gasteiger partial charge in [-0.15, -0.1) is 0 Å². The first-order valence-electron chi connectivity index (χ1n) is 10.1. The highest BCUT2D eigenvalue weighted by Gasteiger charge is 2.55. The molecule has 0 heterocycles. The Kier molecular flexibility index (Phi) is 4.40. The lowest BCUT2D eigenvalue weighted by atomic mass is 9.58. The minimum Gasteiger partial charge on any atom is -0.297 e. The lowest BCUT2D eigenvalue weighted by Crippen LogP contribution is -2.51. The molecule has 144 valence electrons. The maximum Gasteiger partial charge on any atom is 0.185 e. The number of hydrogen-bond donors (Lipinski definition) is 0. The van der Waals surface area contributed by atoms with Crippen LogP contribution < -0.4 is 0 Å². The Bertz CT molecular complexity index is 1170. The summed E-state index contributed by atoms with van der Waals surface area (Å²) in [5.74, 6) is -0.775. The van der Waals surface area contributed by atoms with Gasteiger partial charge in [0.1, 0.15) is 5.41 Å². The van der Waals surface area contributed by atoms with Gasteiger partial charge in [0.2, 0.25) is 0 Å². The molecule has 0 bridgehead atoms. The lowest BCUT2D eigenvalue weighted by Gasteiger charge is -2.40. The molecule has 0 aliphatic heterocycles. The first-order valence-corrected chi connectivity index (χ1v) is 10.1. The van der Waals surface area contributed by atoms with E-state index in [1.165, 1.54) is 0 Å². The van der Waals surface area contributed by atoms with E-state index in [1.54, 1.807) is 0 Å². The molecule has 2 heteroatoms. The number of fused-ring (bicyclic) bond motifs is 1. The standard InChI is InChI=1S/C28H20O2/c29-26-24-19-11-10-18-23(24)25(20-12-4-1-5-13-20)27(30)28(26,21-14-6-2-7-15-21)22-16-8-3-9-17-22/h1-19,25H. The van der Waals surface area contributed by atoms with E-state index in [0.717, 1.165) is 11.1 Å². The number of carbonyl (C=O) groups excluding carboxylic acids is 2. The second kappa shape index (κ2) is 7.23. The lowest BCUT2D eigenvalue weighted by molar-refractivity contribution is -0.122. The SMILES string of the molecule is O=C1c2ccccc2C(c2ccccc2)C(=O)C1(c1ccccc1)c1ccccc1. The molecule has 0 radical (unpaired) electrons. The molecule has 0 amide bonds. The molecular weight excluding hydrogens is 368 g/mol. The van der Waals surface area contributed by atoms with Crippen molar-refractivity contribution < 1.29 is 9.59 Å². The van der Waals surface area contributed by atoms with Crippen molar-refractivity contribution in [2.75, 3.05) is 0 Å². The number of ketones is 2. The van der Waals surface area contributed by atoms with E-state index in [0.29, 0.717) is 16.7 Å². The molecule has 4 aromatic rings. The average molecular weight is 388 g/mol. The summed E-state index contributed by atoms with van der Waals surface area (Å²) in [5.41, 5.74) is 2.33. The topological polar surface area (TPSA) is 34.1 Å². The Labute approximate surface area is 175 Å². The van der Waals surface area contributed by atoms with Crippen LogP contribution >= 0.6 is 0 Å². The molecule has 1 aliphatic rings. The summed E-state index contributed by atoms with van der Waals surface area (Å²) in [4.78, 5) is 28.5. The van der Waals surface area contributed by atoms with E-state index in [2.05, 4.69) is 0 Å². The van der Waals surface area contributed by atoms with Crippen LogP contribution in [0.4, 0.5) is 0 Å². The number of Topliss-reactive ketones (excluding diaryl/α,β-unsaturated/α-hetero) is 2. The third-order valence-corrected chi connectivity index (χ3v) is 6.04. The van der Waals surface area contributed by atoms with Crippen LogP contribution in [0.5, 0.6) is 0 Å². The summed E-state index contributed by atoms with van der Waals surface area (Å²) in [5, 5.41) is 0. The van der Waals surface area contributed by atoms with Crippen LogP contribution in [0.1, 0.15) is 38.5 Å². The van der Waals surface area contributed by atoms with Crippen LogP contribution in [-0.4, -0.2) is 11.6 Å². The molecule has 1 atom stereocenters. The number of rotatable bonds is 3. The molecule has 1 aliphatic carbocycles. The quantitative estimate of drug-likeness (QED) is 0.430. The third kappa shape index (κ3) is 2.57. The fourth-order valence-electron chi connectivity index (χ4n) is 4.69. The monoisotopic (exact) mass is 388 g/mol. The van der Waals surface area contributed by atoms with Crippen molar-refractivity contribution in [2.24, 2.45) is 0 Å². The van der Waals surface area contributed by atoms with Crippen LogP contribution in [0.3, 0.4) is 0 Å². The highest BCUT2D eigenvalue weighted by molar-refractivity contribution is 6.27. The number of hydrogen-bond acceptors (Lipinski definition) is 2. The van der Waals surface area contributed by atoms with Crippen molar-refractivity contribution in [3.05, 3.63) is 143 Å². The predicted octanol–water partition coefficient (Wildman–Crippen LogP) is 5.57. The Hall–Kier alpha value is -3.78. The normalized spacial score (nSPS) is 17.4. The zero-order chi connectivity index (χ0) is 20.6. The van der Waals surface area contributed by atoms with Gasteiger partial charge in [-0.25, -0.2) is 0 Å². The fraction of sp³-hybridized carbons (Fsp3) is 0.0714.